The van der Waals surface area contributed by atoms with Crippen molar-refractivity contribution in [3.63, 3.8) is 0 Å². The monoisotopic (exact) mass is 349 g/mol. The molecule has 0 aliphatic carbocycles. The van der Waals surface area contributed by atoms with Gasteiger partial charge in [0.15, 0.2) is 5.82 Å². The lowest BCUT2D eigenvalue weighted by Crippen LogP contribution is -2.23. The van der Waals surface area contributed by atoms with Crippen molar-refractivity contribution in [2.75, 3.05) is 18.5 Å². The molecule has 3 rings (SSSR count). The van der Waals surface area contributed by atoms with Gasteiger partial charge in [-0.05, 0) is 50.3 Å². The van der Waals surface area contributed by atoms with E-state index >= 15 is 0 Å². The molecule has 1 unspecified atom stereocenters. The van der Waals surface area contributed by atoms with E-state index in [1.807, 2.05) is 49.4 Å². The predicted molar refractivity (Wildman–Crippen MR) is 106 cm³/mol. The number of pyridine rings is 1. The van der Waals surface area contributed by atoms with E-state index in [0.29, 0.717) is 19.0 Å². The number of nitrogens with two attached hydrogens (primary N) is 1. The molecule has 2 aromatic heterocycles. The molecular weight excluding hydrogens is 326 g/mol. The van der Waals surface area contributed by atoms with Gasteiger partial charge in [-0.25, -0.2) is 9.97 Å². The van der Waals surface area contributed by atoms with Crippen molar-refractivity contribution in [1.29, 1.82) is 0 Å². The summed E-state index contributed by atoms with van der Waals surface area (Å²) in [4.78, 5) is 13.6. The summed E-state index contributed by atoms with van der Waals surface area (Å²) in [6.45, 7) is 4.99. The lowest BCUT2D eigenvalue weighted by Gasteiger charge is -2.12. The Kier molecular flexibility index (Phi) is 5.88. The third-order valence-corrected chi connectivity index (χ3v) is 3.73. The Hall–Kier alpha value is -2.83. The highest BCUT2D eigenvalue weighted by atomic mass is 16.5. The first-order valence-corrected chi connectivity index (χ1v) is 8.60. The van der Waals surface area contributed by atoms with Crippen LogP contribution in [0, 0.1) is 6.92 Å². The maximum absolute atomic E-state index is 5.61. The van der Waals surface area contributed by atoms with Crippen LogP contribution in [-0.4, -0.2) is 34.3 Å². The number of ether oxygens (including phenoxy) is 1. The highest BCUT2D eigenvalue weighted by Crippen LogP contribution is 2.22. The molecule has 6 heteroatoms. The minimum Gasteiger partial charge on any atom is -0.367 e. The van der Waals surface area contributed by atoms with Gasteiger partial charge in [-0.1, -0.05) is 17.7 Å². The molecule has 2 heterocycles. The number of aryl methyl sites for hydroxylation is 1. The van der Waals surface area contributed by atoms with Crippen LogP contribution in [0.15, 0.2) is 42.6 Å². The number of rotatable bonds is 7. The average molecular weight is 349 g/mol. The second-order valence-corrected chi connectivity index (χ2v) is 6.04. The molecule has 0 saturated heterocycles. The van der Waals surface area contributed by atoms with Crippen LogP contribution >= 0.6 is 0 Å². The molecule has 0 saturated carbocycles. The lowest BCUT2D eigenvalue weighted by molar-refractivity contribution is 0.0786. The first-order chi connectivity index (χ1) is 12.6. The molecule has 3 aromatic rings. The molecule has 1 aromatic carbocycles. The van der Waals surface area contributed by atoms with Gasteiger partial charge in [-0.3, -0.25) is 4.98 Å². The summed E-state index contributed by atoms with van der Waals surface area (Å²) in [5.41, 5.74) is 8.52. The van der Waals surface area contributed by atoms with Crippen LogP contribution in [0.25, 0.3) is 23.1 Å². The fraction of sp³-hybridized carbons (Fsp3) is 0.250. The molecule has 0 bridgehead atoms. The summed E-state index contributed by atoms with van der Waals surface area (Å²) >= 11 is 0. The van der Waals surface area contributed by atoms with Crippen molar-refractivity contribution in [3.05, 3.63) is 59.7 Å². The number of nitrogens with one attached hydrogen (secondary N) is 1. The zero-order valence-electron chi connectivity index (χ0n) is 15.0. The predicted octanol–water partition coefficient (Wildman–Crippen LogP) is 3.24. The zero-order valence-corrected chi connectivity index (χ0v) is 15.0. The summed E-state index contributed by atoms with van der Waals surface area (Å²) in [6.07, 6.45) is 5.25. The van der Waals surface area contributed by atoms with E-state index in [4.69, 9.17) is 10.5 Å². The molecule has 0 radical (unpaired) electrons. The third kappa shape index (κ3) is 4.84. The molecule has 6 nitrogen and oxygen atoms in total. The molecule has 0 spiro atoms. The fourth-order valence-electron chi connectivity index (χ4n) is 2.52. The van der Waals surface area contributed by atoms with E-state index in [1.54, 1.807) is 6.20 Å². The minimum atomic E-state index is -0.280. The number of aromatic nitrogens is 3. The topological polar surface area (TPSA) is 86.0 Å². The van der Waals surface area contributed by atoms with E-state index in [9.17, 15) is 0 Å². The molecular formula is C20H23N5O. The van der Waals surface area contributed by atoms with E-state index in [1.165, 1.54) is 0 Å². The second-order valence-electron chi connectivity index (χ2n) is 6.04. The van der Waals surface area contributed by atoms with Crippen molar-refractivity contribution in [1.82, 2.24) is 15.0 Å². The Morgan fingerprint density at radius 3 is 2.85 bits per heavy atom. The van der Waals surface area contributed by atoms with E-state index in [0.717, 1.165) is 28.0 Å². The van der Waals surface area contributed by atoms with Gasteiger partial charge in [-0.2, -0.15) is 0 Å². The van der Waals surface area contributed by atoms with E-state index in [2.05, 4.69) is 33.3 Å². The van der Waals surface area contributed by atoms with Crippen LogP contribution in [0.1, 0.15) is 24.0 Å². The van der Waals surface area contributed by atoms with Crippen LogP contribution in [0.4, 0.5) is 5.82 Å². The van der Waals surface area contributed by atoms with Gasteiger partial charge in [0, 0.05) is 18.1 Å². The zero-order chi connectivity index (χ0) is 18.4. The molecule has 0 aliphatic heterocycles. The summed E-state index contributed by atoms with van der Waals surface area (Å²) in [6, 6.07) is 11.9. The Morgan fingerprint density at radius 2 is 2.08 bits per heavy atom. The second kappa shape index (κ2) is 8.51. The van der Waals surface area contributed by atoms with Crippen molar-refractivity contribution in [2.45, 2.75) is 20.1 Å². The highest BCUT2D eigenvalue weighted by molar-refractivity contribution is 5.90. The standard InChI is InChI=1S/C20H23N5O/c1-14-6-8-18-17(13-14)20(23-11-12-26-15(2)21)25-19(24-18)9-7-16-5-3-4-10-22-16/h3-10,13,15H,11-12,21H2,1-2H3,(H,23,24,25). The van der Waals surface area contributed by atoms with Gasteiger partial charge in [0.05, 0.1) is 17.8 Å². The lowest BCUT2D eigenvalue weighted by atomic mass is 10.1. The largest absolute Gasteiger partial charge is 0.367 e. The number of nitrogens with zero attached hydrogens (tertiary/aromatic N) is 3. The summed E-state index contributed by atoms with van der Waals surface area (Å²) < 4.78 is 5.38. The normalized spacial score (nSPS) is 12.6. The average Bonchev–Trinajstić information content (AvgIpc) is 2.64. The Morgan fingerprint density at radius 1 is 1.19 bits per heavy atom. The molecule has 1 atom stereocenters. The Labute approximate surface area is 153 Å². The van der Waals surface area contributed by atoms with Crippen LogP contribution < -0.4 is 11.1 Å². The highest BCUT2D eigenvalue weighted by Gasteiger charge is 2.07. The first kappa shape index (κ1) is 18.0. The molecule has 3 N–H and O–H groups in total. The van der Waals surface area contributed by atoms with Crippen LogP contribution in [0.5, 0.6) is 0 Å². The Balaban J connectivity index is 1.87. The summed E-state index contributed by atoms with van der Waals surface area (Å²) in [7, 11) is 0. The van der Waals surface area contributed by atoms with Gasteiger partial charge in [0.25, 0.3) is 0 Å². The van der Waals surface area contributed by atoms with E-state index in [-0.39, 0.29) is 6.23 Å². The molecule has 26 heavy (non-hydrogen) atoms. The van der Waals surface area contributed by atoms with Gasteiger partial charge >= 0.3 is 0 Å². The van der Waals surface area contributed by atoms with Crippen LogP contribution in [0.2, 0.25) is 0 Å². The first-order valence-electron chi connectivity index (χ1n) is 8.60. The molecule has 0 aliphatic rings. The molecule has 0 fully saturated rings. The van der Waals surface area contributed by atoms with Gasteiger partial charge in [0.2, 0.25) is 0 Å². The third-order valence-electron chi connectivity index (χ3n) is 3.73. The van der Waals surface area contributed by atoms with E-state index < -0.39 is 0 Å². The van der Waals surface area contributed by atoms with Crippen molar-refractivity contribution < 1.29 is 4.74 Å². The number of anilines is 1. The maximum Gasteiger partial charge on any atom is 0.155 e. The number of fused-ring (bicyclic) bond motifs is 1. The number of hydrogen-bond donors (Lipinski definition) is 2. The van der Waals surface area contributed by atoms with Gasteiger partial charge < -0.3 is 15.8 Å². The quantitative estimate of drug-likeness (QED) is 0.503. The maximum atomic E-state index is 5.61. The molecule has 134 valence electrons. The van der Waals surface area contributed by atoms with Crippen molar-refractivity contribution >= 4 is 28.9 Å². The van der Waals surface area contributed by atoms with Gasteiger partial charge in [-0.15, -0.1) is 0 Å². The van der Waals surface area contributed by atoms with Crippen LogP contribution in [0.3, 0.4) is 0 Å². The summed E-state index contributed by atoms with van der Waals surface area (Å²) in [5.74, 6) is 1.41. The van der Waals surface area contributed by atoms with Crippen LogP contribution in [-0.2, 0) is 4.74 Å². The number of hydrogen-bond acceptors (Lipinski definition) is 6. The molecule has 0 amide bonds. The smallest absolute Gasteiger partial charge is 0.155 e. The van der Waals surface area contributed by atoms with Gasteiger partial charge in [0.1, 0.15) is 12.0 Å². The van der Waals surface area contributed by atoms with Crippen molar-refractivity contribution in [3.8, 4) is 0 Å². The summed E-state index contributed by atoms with van der Waals surface area (Å²) in [5, 5.41) is 4.31. The van der Waals surface area contributed by atoms with Crippen molar-refractivity contribution in [2.24, 2.45) is 5.73 Å². The minimum absolute atomic E-state index is 0.280. The Bertz CT molecular complexity index is 893. The number of benzene rings is 1. The SMILES string of the molecule is Cc1ccc2nc(C=Cc3ccccn3)nc(NCCOC(C)N)c2c1. The fourth-order valence-corrected chi connectivity index (χ4v) is 2.52.